The van der Waals surface area contributed by atoms with Crippen LogP contribution in [0.2, 0.25) is 0 Å². The Morgan fingerprint density at radius 2 is 1.87 bits per heavy atom. The van der Waals surface area contributed by atoms with Crippen LogP contribution in [0.5, 0.6) is 11.5 Å². The van der Waals surface area contributed by atoms with Crippen LogP contribution in [0.1, 0.15) is 18.7 Å². The van der Waals surface area contributed by atoms with Gasteiger partial charge in [0.25, 0.3) is 0 Å². The highest BCUT2D eigenvalue weighted by molar-refractivity contribution is 7.89. The second kappa shape index (κ2) is 6.17. The fourth-order valence-electron chi connectivity index (χ4n) is 2.37. The summed E-state index contributed by atoms with van der Waals surface area (Å²) >= 11 is 0. The molecule has 1 aromatic heterocycles. The third-order valence-electron chi connectivity index (χ3n) is 3.85. The molecule has 23 heavy (non-hydrogen) atoms. The largest absolute Gasteiger partial charge is 0.486 e. The summed E-state index contributed by atoms with van der Waals surface area (Å²) in [5.74, 6) is 1.02. The van der Waals surface area contributed by atoms with Crippen molar-refractivity contribution in [2.75, 3.05) is 20.3 Å². The Hall–Kier alpha value is -2.12. The lowest BCUT2D eigenvalue weighted by atomic mass is 10.2. The van der Waals surface area contributed by atoms with Crippen molar-refractivity contribution in [2.45, 2.75) is 17.9 Å². The van der Waals surface area contributed by atoms with Crippen LogP contribution >= 0.6 is 0 Å². The highest BCUT2D eigenvalue weighted by Gasteiger charge is 2.28. The fraction of sp³-hybridized carbons (Fsp3) is 0.312. The number of nitrogens with zero attached hydrogens (tertiary/aromatic N) is 2. The SMILES string of the molecule is CC(c1ccccn1)N(C)S(=O)(=O)c1ccc2c(c1)OCCO2. The number of hydrogen-bond acceptors (Lipinski definition) is 5. The molecule has 0 fully saturated rings. The van der Waals surface area contributed by atoms with Gasteiger partial charge in [-0.1, -0.05) is 6.07 Å². The van der Waals surface area contributed by atoms with E-state index in [1.807, 2.05) is 6.07 Å². The Labute approximate surface area is 135 Å². The molecule has 2 heterocycles. The molecule has 6 nitrogen and oxygen atoms in total. The van der Waals surface area contributed by atoms with Gasteiger partial charge in [-0.3, -0.25) is 4.98 Å². The standard InChI is InChI=1S/C16H18N2O4S/c1-12(14-5-3-4-8-17-14)18(2)23(19,20)13-6-7-15-16(11-13)22-10-9-21-15/h3-8,11-12H,9-10H2,1-2H3. The minimum atomic E-state index is -3.66. The average molecular weight is 334 g/mol. The van der Waals surface area contributed by atoms with Crippen molar-refractivity contribution in [3.8, 4) is 11.5 Å². The fourth-order valence-corrected chi connectivity index (χ4v) is 3.72. The summed E-state index contributed by atoms with van der Waals surface area (Å²) in [6.07, 6.45) is 1.65. The predicted molar refractivity (Wildman–Crippen MR) is 85.0 cm³/mol. The van der Waals surface area contributed by atoms with Crippen molar-refractivity contribution >= 4 is 10.0 Å². The molecule has 0 amide bonds. The third kappa shape index (κ3) is 3.02. The number of aromatic nitrogens is 1. The first kappa shape index (κ1) is 15.8. The number of hydrogen-bond donors (Lipinski definition) is 0. The van der Waals surface area contributed by atoms with Crippen LogP contribution in [-0.2, 0) is 10.0 Å². The van der Waals surface area contributed by atoms with Crippen molar-refractivity contribution in [1.82, 2.24) is 9.29 Å². The molecular weight excluding hydrogens is 316 g/mol. The lowest BCUT2D eigenvalue weighted by Crippen LogP contribution is -2.30. The molecule has 0 spiro atoms. The van der Waals surface area contributed by atoms with E-state index in [0.717, 1.165) is 0 Å². The van der Waals surface area contributed by atoms with Crippen LogP contribution in [0.15, 0.2) is 47.5 Å². The second-order valence-corrected chi connectivity index (χ2v) is 7.25. The van der Waals surface area contributed by atoms with E-state index in [0.29, 0.717) is 30.4 Å². The Kier molecular flexibility index (Phi) is 4.23. The van der Waals surface area contributed by atoms with Gasteiger partial charge in [0.05, 0.1) is 16.6 Å². The molecule has 1 atom stereocenters. The Morgan fingerprint density at radius 3 is 2.57 bits per heavy atom. The molecule has 0 radical (unpaired) electrons. The quantitative estimate of drug-likeness (QED) is 0.858. The van der Waals surface area contributed by atoms with Gasteiger partial charge in [-0.2, -0.15) is 4.31 Å². The van der Waals surface area contributed by atoms with Crippen LogP contribution in [-0.4, -0.2) is 38.0 Å². The molecular formula is C16H18N2O4S. The molecule has 1 unspecified atom stereocenters. The van der Waals surface area contributed by atoms with Crippen molar-refractivity contribution in [2.24, 2.45) is 0 Å². The van der Waals surface area contributed by atoms with Gasteiger partial charge in [-0.15, -0.1) is 0 Å². The number of ether oxygens (including phenoxy) is 2. The van der Waals surface area contributed by atoms with Gasteiger partial charge in [0.2, 0.25) is 10.0 Å². The highest BCUT2D eigenvalue weighted by atomic mass is 32.2. The van der Waals surface area contributed by atoms with Gasteiger partial charge < -0.3 is 9.47 Å². The van der Waals surface area contributed by atoms with Crippen molar-refractivity contribution in [1.29, 1.82) is 0 Å². The van der Waals surface area contributed by atoms with Crippen LogP contribution in [0, 0.1) is 0 Å². The zero-order valence-electron chi connectivity index (χ0n) is 13.0. The van der Waals surface area contributed by atoms with E-state index in [1.165, 1.54) is 16.4 Å². The first-order chi connectivity index (χ1) is 11.0. The molecule has 0 saturated heterocycles. The Morgan fingerprint density at radius 1 is 1.13 bits per heavy atom. The molecule has 1 aliphatic heterocycles. The molecule has 0 saturated carbocycles. The van der Waals surface area contributed by atoms with E-state index in [-0.39, 0.29) is 10.9 Å². The Balaban J connectivity index is 1.91. The lowest BCUT2D eigenvalue weighted by Gasteiger charge is -2.25. The van der Waals surface area contributed by atoms with Gasteiger partial charge in [-0.05, 0) is 31.2 Å². The van der Waals surface area contributed by atoms with Crippen molar-refractivity contribution < 1.29 is 17.9 Å². The summed E-state index contributed by atoms with van der Waals surface area (Å²) in [5, 5.41) is 0. The maximum absolute atomic E-state index is 12.8. The Bertz CT molecular complexity index is 793. The highest BCUT2D eigenvalue weighted by Crippen LogP contribution is 2.34. The number of pyridine rings is 1. The molecule has 3 rings (SSSR count). The molecule has 122 valence electrons. The normalized spacial score (nSPS) is 15.4. The second-order valence-electron chi connectivity index (χ2n) is 5.26. The molecule has 1 aromatic carbocycles. The lowest BCUT2D eigenvalue weighted by molar-refractivity contribution is 0.171. The van der Waals surface area contributed by atoms with Crippen molar-refractivity contribution in [3.05, 3.63) is 48.3 Å². The van der Waals surface area contributed by atoms with Gasteiger partial charge in [-0.25, -0.2) is 8.42 Å². The summed E-state index contributed by atoms with van der Waals surface area (Å²) in [5.41, 5.74) is 0.691. The van der Waals surface area contributed by atoms with Gasteiger partial charge in [0, 0.05) is 19.3 Å². The van der Waals surface area contributed by atoms with Gasteiger partial charge >= 0.3 is 0 Å². The molecule has 0 aliphatic carbocycles. The zero-order chi connectivity index (χ0) is 16.4. The molecule has 0 N–H and O–H groups in total. The topological polar surface area (TPSA) is 68.7 Å². The predicted octanol–water partition coefficient (Wildman–Crippen LogP) is 2.23. The first-order valence-electron chi connectivity index (χ1n) is 7.29. The van der Waals surface area contributed by atoms with Gasteiger partial charge in [0.1, 0.15) is 13.2 Å². The minimum absolute atomic E-state index is 0.173. The smallest absolute Gasteiger partial charge is 0.243 e. The van der Waals surface area contributed by atoms with Crippen molar-refractivity contribution in [3.63, 3.8) is 0 Å². The van der Waals surface area contributed by atoms with Gasteiger partial charge in [0.15, 0.2) is 11.5 Å². The van der Waals surface area contributed by atoms with E-state index in [9.17, 15) is 8.42 Å². The minimum Gasteiger partial charge on any atom is -0.486 e. The summed E-state index contributed by atoms with van der Waals surface area (Å²) in [6.45, 7) is 2.68. The third-order valence-corrected chi connectivity index (χ3v) is 5.78. The van der Waals surface area contributed by atoms with E-state index in [1.54, 1.807) is 38.4 Å². The number of rotatable bonds is 4. The monoisotopic (exact) mass is 334 g/mol. The molecule has 7 heteroatoms. The average Bonchev–Trinajstić information content (AvgIpc) is 2.60. The van der Waals surface area contributed by atoms with Crippen LogP contribution < -0.4 is 9.47 Å². The molecule has 1 aliphatic rings. The van der Waals surface area contributed by atoms with Crippen LogP contribution in [0.3, 0.4) is 0 Å². The van der Waals surface area contributed by atoms with E-state index in [2.05, 4.69) is 4.98 Å². The maximum Gasteiger partial charge on any atom is 0.243 e. The number of sulfonamides is 1. The van der Waals surface area contributed by atoms with E-state index >= 15 is 0 Å². The summed E-state index contributed by atoms with van der Waals surface area (Å²) < 4.78 is 37.9. The summed E-state index contributed by atoms with van der Waals surface area (Å²) in [6, 6.07) is 9.72. The number of benzene rings is 1. The zero-order valence-corrected chi connectivity index (χ0v) is 13.8. The van der Waals surface area contributed by atoms with Crippen LogP contribution in [0.4, 0.5) is 0 Å². The first-order valence-corrected chi connectivity index (χ1v) is 8.73. The summed E-state index contributed by atoms with van der Waals surface area (Å²) in [7, 11) is -2.11. The van der Waals surface area contributed by atoms with E-state index < -0.39 is 10.0 Å². The molecule has 0 bridgehead atoms. The van der Waals surface area contributed by atoms with E-state index in [4.69, 9.17) is 9.47 Å². The maximum atomic E-state index is 12.8. The number of fused-ring (bicyclic) bond motifs is 1. The van der Waals surface area contributed by atoms with Crippen LogP contribution in [0.25, 0.3) is 0 Å². The summed E-state index contributed by atoms with van der Waals surface area (Å²) in [4.78, 5) is 4.40. The molecule has 2 aromatic rings.